The largest absolute Gasteiger partial charge is 0.467 e. The molecule has 24 heavy (non-hydrogen) atoms. The van der Waals surface area contributed by atoms with Gasteiger partial charge in [0.1, 0.15) is 11.8 Å². The van der Waals surface area contributed by atoms with Crippen LogP contribution in [-0.2, 0) is 9.53 Å². The van der Waals surface area contributed by atoms with E-state index in [1.165, 1.54) is 7.11 Å². The molecular formula is C17H18ClNO4S. The number of methoxy groups -OCH3 is 1. The molecule has 0 aliphatic carbocycles. The van der Waals surface area contributed by atoms with Gasteiger partial charge in [0.05, 0.1) is 12.1 Å². The molecule has 2 aromatic rings. The van der Waals surface area contributed by atoms with Crippen molar-refractivity contribution in [2.45, 2.75) is 12.5 Å². The monoisotopic (exact) mass is 367 g/mol. The molecule has 0 bridgehead atoms. The molecular weight excluding hydrogens is 350 g/mol. The van der Waals surface area contributed by atoms with Crippen molar-refractivity contribution in [2.75, 3.05) is 19.1 Å². The summed E-state index contributed by atoms with van der Waals surface area (Å²) in [6, 6.07) is 9.72. The van der Waals surface area contributed by atoms with E-state index in [9.17, 15) is 9.59 Å². The molecule has 0 spiro atoms. The van der Waals surface area contributed by atoms with Gasteiger partial charge in [0.25, 0.3) is 5.91 Å². The highest BCUT2D eigenvalue weighted by Crippen LogP contribution is 2.29. The fourth-order valence-electron chi connectivity index (χ4n) is 2.12. The van der Waals surface area contributed by atoms with E-state index in [-0.39, 0.29) is 5.76 Å². The molecule has 1 amide bonds. The van der Waals surface area contributed by atoms with Gasteiger partial charge in [0.2, 0.25) is 0 Å². The predicted octanol–water partition coefficient (Wildman–Crippen LogP) is 3.62. The molecule has 7 heteroatoms. The number of hydrogen-bond acceptors (Lipinski definition) is 5. The van der Waals surface area contributed by atoms with E-state index in [0.717, 1.165) is 5.75 Å². The third-order valence-corrected chi connectivity index (χ3v) is 4.34. The number of esters is 1. The van der Waals surface area contributed by atoms with Crippen molar-refractivity contribution in [3.63, 3.8) is 0 Å². The Labute approximate surface area is 149 Å². The lowest BCUT2D eigenvalue weighted by Gasteiger charge is -2.15. The average Bonchev–Trinajstić information content (AvgIpc) is 3.08. The Kier molecular flexibility index (Phi) is 6.75. The Morgan fingerprint density at radius 3 is 2.71 bits per heavy atom. The molecule has 0 aliphatic rings. The number of carbonyl (C=O) groups excluding carboxylic acids is 2. The van der Waals surface area contributed by atoms with E-state index in [4.69, 9.17) is 20.8 Å². The Hall–Kier alpha value is -1.92. The molecule has 0 unspecified atom stereocenters. The maximum atomic E-state index is 12.3. The van der Waals surface area contributed by atoms with Gasteiger partial charge in [-0.3, -0.25) is 4.79 Å². The summed E-state index contributed by atoms with van der Waals surface area (Å²) in [6.45, 7) is 0. The van der Waals surface area contributed by atoms with Crippen molar-refractivity contribution in [3.05, 3.63) is 47.2 Å². The minimum atomic E-state index is -0.705. The van der Waals surface area contributed by atoms with E-state index < -0.39 is 17.9 Å². The molecule has 1 heterocycles. The van der Waals surface area contributed by atoms with Crippen molar-refractivity contribution in [2.24, 2.45) is 0 Å². The summed E-state index contributed by atoms with van der Waals surface area (Å²) < 4.78 is 10.3. The molecule has 2 rings (SSSR count). The number of amides is 1. The minimum absolute atomic E-state index is 0.114. The highest BCUT2D eigenvalue weighted by molar-refractivity contribution is 7.98. The molecule has 0 saturated carbocycles. The van der Waals surface area contributed by atoms with Gasteiger partial charge in [-0.1, -0.05) is 23.7 Å². The van der Waals surface area contributed by atoms with Crippen LogP contribution in [0.15, 0.2) is 40.8 Å². The number of furan rings is 1. The fourth-order valence-corrected chi connectivity index (χ4v) is 2.82. The highest BCUT2D eigenvalue weighted by atomic mass is 35.5. The summed E-state index contributed by atoms with van der Waals surface area (Å²) in [7, 11) is 1.29. The molecule has 1 aromatic heterocycles. The predicted molar refractivity (Wildman–Crippen MR) is 95.4 cm³/mol. The third kappa shape index (κ3) is 4.55. The van der Waals surface area contributed by atoms with E-state index >= 15 is 0 Å². The topological polar surface area (TPSA) is 68.5 Å². The molecule has 128 valence electrons. The average molecular weight is 368 g/mol. The number of thioether (sulfide) groups is 1. The van der Waals surface area contributed by atoms with Crippen LogP contribution in [0.1, 0.15) is 17.0 Å². The number of carbonyl (C=O) groups is 2. The van der Waals surface area contributed by atoms with Crippen LogP contribution in [0.2, 0.25) is 5.02 Å². The van der Waals surface area contributed by atoms with Crippen molar-refractivity contribution in [3.8, 4) is 11.3 Å². The van der Waals surface area contributed by atoms with Crippen LogP contribution in [0.4, 0.5) is 0 Å². The van der Waals surface area contributed by atoms with Crippen molar-refractivity contribution >= 4 is 35.2 Å². The molecule has 0 radical (unpaired) electrons. The molecule has 0 saturated heterocycles. The van der Waals surface area contributed by atoms with E-state index in [1.807, 2.05) is 18.4 Å². The van der Waals surface area contributed by atoms with Gasteiger partial charge in [-0.05, 0) is 42.7 Å². The Balaban J connectivity index is 2.12. The van der Waals surface area contributed by atoms with Gasteiger partial charge in [-0.2, -0.15) is 11.8 Å². The lowest BCUT2D eigenvalue weighted by atomic mass is 10.2. The maximum absolute atomic E-state index is 12.3. The number of ether oxygens (including phenoxy) is 1. The number of halogens is 1. The zero-order valence-electron chi connectivity index (χ0n) is 13.4. The maximum Gasteiger partial charge on any atom is 0.328 e. The summed E-state index contributed by atoms with van der Waals surface area (Å²) in [4.78, 5) is 24.1. The van der Waals surface area contributed by atoms with Gasteiger partial charge < -0.3 is 14.5 Å². The first-order valence-electron chi connectivity index (χ1n) is 7.29. The third-order valence-electron chi connectivity index (χ3n) is 3.37. The molecule has 0 fully saturated rings. The zero-order valence-corrected chi connectivity index (χ0v) is 14.9. The number of benzene rings is 1. The van der Waals surface area contributed by atoms with Crippen molar-refractivity contribution in [1.82, 2.24) is 5.32 Å². The van der Waals surface area contributed by atoms with Gasteiger partial charge in [0.15, 0.2) is 5.76 Å². The van der Waals surface area contributed by atoms with Crippen LogP contribution >= 0.6 is 23.4 Å². The van der Waals surface area contributed by atoms with E-state index in [0.29, 0.717) is 22.8 Å². The first-order valence-corrected chi connectivity index (χ1v) is 9.06. The quantitative estimate of drug-likeness (QED) is 0.757. The van der Waals surface area contributed by atoms with Crippen molar-refractivity contribution in [1.29, 1.82) is 0 Å². The van der Waals surface area contributed by atoms with Gasteiger partial charge in [-0.25, -0.2) is 4.79 Å². The summed E-state index contributed by atoms with van der Waals surface area (Å²) >= 11 is 7.71. The molecule has 1 aromatic carbocycles. The number of rotatable bonds is 7. The normalized spacial score (nSPS) is 11.8. The van der Waals surface area contributed by atoms with Crippen LogP contribution in [0, 0.1) is 0 Å². The lowest BCUT2D eigenvalue weighted by Crippen LogP contribution is -2.41. The summed E-state index contributed by atoms with van der Waals surface area (Å²) in [5.41, 5.74) is 0.699. The van der Waals surface area contributed by atoms with Crippen LogP contribution in [0.5, 0.6) is 0 Å². The first-order chi connectivity index (χ1) is 11.6. The van der Waals surface area contributed by atoms with Gasteiger partial charge in [0, 0.05) is 5.56 Å². The summed E-state index contributed by atoms with van der Waals surface area (Å²) in [6.07, 6.45) is 2.41. The lowest BCUT2D eigenvalue weighted by molar-refractivity contribution is -0.142. The van der Waals surface area contributed by atoms with Crippen molar-refractivity contribution < 1.29 is 18.7 Å². The standard InChI is InChI=1S/C17H18ClNO4S/c1-22-17(21)13(9-10-24-2)19-16(20)15-8-7-14(23-15)11-5-3-4-6-12(11)18/h3-8,13H,9-10H2,1-2H3,(H,19,20)/t13-/m0/s1. The summed E-state index contributed by atoms with van der Waals surface area (Å²) in [5.74, 6) is 0.385. The second-order valence-corrected chi connectivity index (χ2v) is 6.37. The first kappa shape index (κ1) is 18.4. The highest BCUT2D eigenvalue weighted by Gasteiger charge is 2.23. The smallest absolute Gasteiger partial charge is 0.328 e. The zero-order chi connectivity index (χ0) is 17.5. The molecule has 5 nitrogen and oxygen atoms in total. The minimum Gasteiger partial charge on any atom is -0.467 e. The van der Waals surface area contributed by atoms with Crippen LogP contribution < -0.4 is 5.32 Å². The number of hydrogen-bond donors (Lipinski definition) is 1. The van der Waals surface area contributed by atoms with E-state index in [1.54, 1.807) is 36.0 Å². The number of nitrogens with one attached hydrogen (secondary N) is 1. The fraction of sp³-hybridized carbons (Fsp3) is 0.294. The van der Waals surface area contributed by atoms with E-state index in [2.05, 4.69) is 5.32 Å². The molecule has 0 aliphatic heterocycles. The van der Waals surface area contributed by atoms with Gasteiger partial charge in [-0.15, -0.1) is 0 Å². The second kappa shape index (κ2) is 8.80. The Bertz CT molecular complexity index is 716. The molecule has 1 atom stereocenters. The summed E-state index contributed by atoms with van der Waals surface area (Å²) in [5, 5.41) is 3.18. The van der Waals surface area contributed by atoms with Crippen LogP contribution in [0.3, 0.4) is 0 Å². The van der Waals surface area contributed by atoms with Crippen LogP contribution in [-0.4, -0.2) is 37.0 Å². The molecule has 1 N–H and O–H groups in total. The SMILES string of the molecule is COC(=O)[C@H](CCSC)NC(=O)c1ccc(-c2ccccc2Cl)o1. The Morgan fingerprint density at radius 2 is 2.04 bits per heavy atom. The van der Waals surface area contributed by atoms with Gasteiger partial charge >= 0.3 is 5.97 Å². The second-order valence-electron chi connectivity index (χ2n) is 4.97. The Morgan fingerprint density at radius 1 is 1.29 bits per heavy atom. The van der Waals surface area contributed by atoms with Crippen LogP contribution in [0.25, 0.3) is 11.3 Å².